The summed E-state index contributed by atoms with van der Waals surface area (Å²) in [5.74, 6) is 2.13. The number of methoxy groups -OCH3 is 1. The van der Waals surface area contributed by atoms with Crippen molar-refractivity contribution in [3.8, 4) is 11.6 Å². The van der Waals surface area contributed by atoms with Crippen LogP contribution in [0.4, 0.5) is 28.8 Å². The summed E-state index contributed by atoms with van der Waals surface area (Å²) < 4.78 is 7.59. The number of carbonyl (C=O) groups is 1. The predicted octanol–water partition coefficient (Wildman–Crippen LogP) is 5.04. The van der Waals surface area contributed by atoms with E-state index in [1.165, 1.54) is 18.9 Å². The lowest BCUT2D eigenvalue weighted by Crippen LogP contribution is -2.29. The van der Waals surface area contributed by atoms with Gasteiger partial charge in [0.05, 0.1) is 29.7 Å². The van der Waals surface area contributed by atoms with Crippen molar-refractivity contribution in [2.75, 3.05) is 62.2 Å². The zero-order chi connectivity index (χ0) is 29.6. The number of fused-ring (bicyclic) bond motifs is 1. The summed E-state index contributed by atoms with van der Waals surface area (Å²) in [6.45, 7) is 5.19. The lowest BCUT2D eigenvalue weighted by molar-refractivity contribution is -0.111. The van der Waals surface area contributed by atoms with Gasteiger partial charge < -0.3 is 30.5 Å². The molecule has 0 bridgehead atoms. The number of anilines is 5. The molecule has 1 amide bonds. The number of nitrogens with zero attached hydrogens (tertiary/aromatic N) is 6. The third-order valence-corrected chi connectivity index (χ3v) is 7.44. The molecule has 0 radical (unpaired) electrons. The molecule has 1 aliphatic rings. The molecule has 2 heterocycles. The Labute approximate surface area is 246 Å². The van der Waals surface area contributed by atoms with E-state index in [9.17, 15) is 4.79 Å². The quantitative estimate of drug-likeness (QED) is 0.202. The number of rotatable bonds is 12. The van der Waals surface area contributed by atoms with Gasteiger partial charge in [0, 0.05) is 49.9 Å². The first-order chi connectivity index (χ1) is 20.4. The summed E-state index contributed by atoms with van der Waals surface area (Å²) in [5, 5.41) is 15.8. The number of carbonyl (C=O) groups excluding carboxylic acids is 1. The normalized spacial score (nSPS) is 13.4. The Morgan fingerprint density at radius 1 is 1.12 bits per heavy atom. The second-order valence-electron chi connectivity index (χ2n) is 10.8. The van der Waals surface area contributed by atoms with Crippen LogP contribution in [0.25, 0.3) is 16.7 Å². The monoisotopic (exact) mass is 569 g/mol. The van der Waals surface area contributed by atoms with Gasteiger partial charge in [0.15, 0.2) is 11.6 Å². The molecule has 2 aromatic heterocycles. The fraction of sp³-hybridized carbons (Fsp3) is 0.355. The maximum atomic E-state index is 12.3. The van der Waals surface area contributed by atoms with Gasteiger partial charge in [0.25, 0.3) is 0 Å². The Hall–Kier alpha value is -4.64. The summed E-state index contributed by atoms with van der Waals surface area (Å²) in [7, 11) is 7.63. The van der Waals surface area contributed by atoms with E-state index in [2.05, 4.69) is 43.4 Å². The van der Waals surface area contributed by atoms with Crippen LogP contribution >= 0.6 is 0 Å². The molecule has 42 heavy (non-hydrogen) atoms. The zero-order valence-electron chi connectivity index (χ0n) is 24.7. The van der Waals surface area contributed by atoms with E-state index in [0.717, 1.165) is 48.3 Å². The van der Waals surface area contributed by atoms with Crippen molar-refractivity contribution in [1.82, 2.24) is 24.6 Å². The average Bonchev–Trinajstić information content (AvgIpc) is 3.64. The molecule has 5 rings (SSSR count). The molecule has 0 spiro atoms. The Morgan fingerprint density at radius 2 is 1.90 bits per heavy atom. The van der Waals surface area contributed by atoms with Crippen LogP contribution in [-0.2, 0) is 4.79 Å². The van der Waals surface area contributed by atoms with Crippen molar-refractivity contribution >= 4 is 45.6 Å². The Morgan fingerprint density at radius 3 is 2.64 bits per heavy atom. The van der Waals surface area contributed by atoms with Crippen molar-refractivity contribution in [2.24, 2.45) is 0 Å². The van der Waals surface area contributed by atoms with Gasteiger partial charge >= 0.3 is 0 Å². The fourth-order valence-electron chi connectivity index (χ4n) is 5.16. The number of para-hydroxylation sites is 1. The first-order valence-corrected chi connectivity index (χ1v) is 14.2. The van der Waals surface area contributed by atoms with E-state index in [-0.39, 0.29) is 5.91 Å². The van der Waals surface area contributed by atoms with Gasteiger partial charge in [-0.1, -0.05) is 31.6 Å². The van der Waals surface area contributed by atoms with Gasteiger partial charge in [-0.05, 0) is 51.2 Å². The van der Waals surface area contributed by atoms with Gasteiger partial charge in [-0.2, -0.15) is 4.98 Å². The molecule has 0 atom stereocenters. The summed E-state index contributed by atoms with van der Waals surface area (Å²) in [4.78, 5) is 25.8. The third-order valence-electron chi connectivity index (χ3n) is 7.44. The van der Waals surface area contributed by atoms with Gasteiger partial charge in [-0.15, -0.1) is 5.10 Å². The van der Waals surface area contributed by atoms with Crippen LogP contribution in [-0.4, -0.2) is 77.9 Å². The highest BCUT2D eigenvalue weighted by Crippen LogP contribution is 2.38. The van der Waals surface area contributed by atoms with E-state index in [1.54, 1.807) is 13.3 Å². The molecule has 1 saturated carbocycles. The topological polar surface area (TPSA) is 112 Å². The van der Waals surface area contributed by atoms with Crippen molar-refractivity contribution < 1.29 is 9.53 Å². The minimum atomic E-state index is -0.306. The van der Waals surface area contributed by atoms with E-state index < -0.39 is 0 Å². The molecule has 0 aliphatic heterocycles. The molecule has 220 valence electrons. The lowest BCUT2D eigenvalue weighted by Gasteiger charge is -2.26. The first kappa shape index (κ1) is 28.9. The highest BCUT2D eigenvalue weighted by atomic mass is 16.5. The van der Waals surface area contributed by atoms with Crippen LogP contribution in [0, 0.1) is 0 Å². The summed E-state index contributed by atoms with van der Waals surface area (Å²) in [6, 6.07) is 14.1. The van der Waals surface area contributed by atoms with Crippen molar-refractivity contribution in [3.63, 3.8) is 0 Å². The number of nitrogens with one attached hydrogen (secondary N) is 3. The minimum Gasteiger partial charge on any atom is -0.494 e. The largest absolute Gasteiger partial charge is 0.494 e. The molecule has 11 heteroatoms. The Bertz CT molecular complexity index is 1560. The van der Waals surface area contributed by atoms with Gasteiger partial charge in [0.1, 0.15) is 5.75 Å². The molecular formula is C31H39N9O2. The van der Waals surface area contributed by atoms with Crippen LogP contribution in [0.3, 0.4) is 0 Å². The van der Waals surface area contributed by atoms with Gasteiger partial charge in [-0.3, -0.25) is 4.79 Å². The second kappa shape index (κ2) is 12.9. The maximum absolute atomic E-state index is 12.3. The van der Waals surface area contributed by atoms with Crippen LogP contribution < -0.4 is 25.6 Å². The minimum absolute atomic E-state index is 0.306. The molecule has 2 aromatic carbocycles. The van der Waals surface area contributed by atoms with Crippen molar-refractivity contribution in [3.05, 3.63) is 61.3 Å². The fourth-order valence-corrected chi connectivity index (χ4v) is 5.16. The molecule has 0 saturated heterocycles. The number of amides is 1. The van der Waals surface area contributed by atoms with Crippen LogP contribution in [0.5, 0.6) is 5.75 Å². The van der Waals surface area contributed by atoms with Crippen LogP contribution in [0.2, 0.25) is 0 Å². The standard InChI is InChI=1S/C31H39N9O2/c1-6-29(41)34-23-19-24(27(42-5)20-26(23)39(4)18-17-38(2)3)35-31-32-16-15-28(36-31)40-25-14-10-9-13-22(25)30(37-40)33-21-11-7-8-12-21/h6,9-10,13-16,19-21H,1,7-8,11-12,17-18H2,2-5H3,(H,33,37)(H,34,41)(H,32,35,36). The van der Waals surface area contributed by atoms with E-state index >= 15 is 0 Å². The number of hydrogen-bond donors (Lipinski definition) is 3. The van der Waals surface area contributed by atoms with Crippen molar-refractivity contribution in [1.29, 1.82) is 0 Å². The highest BCUT2D eigenvalue weighted by molar-refractivity contribution is 6.02. The zero-order valence-corrected chi connectivity index (χ0v) is 24.7. The Balaban J connectivity index is 1.47. The molecule has 0 unspecified atom stereocenters. The number of likely N-dealkylation sites (N-methyl/N-ethyl adjacent to an activating group) is 2. The summed E-state index contributed by atoms with van der Waals surface area (Å²) in [6.07, 6.45) is 7.74. The predicted molar refractivity (Wildman–Crippen MR) is 169 cm³/mol. The van der Waals surface area contributed by atoms with Crippen LogP contribution in [0.1, 0.15) is 25.7 Å². The third kappa shape index (κ3) is 6.46. The van der Waals surface area contributed by atoms with Crippen LogP contribution in [0.15, 0.2) is 61.3 Å². The molecular weight excluding hydrogens is 530 g/mol. The SMILES string of the molecule is C=CC(=O)Nc1cc(Nc2nccc(-n3nc(NC4CCCC4)c4ccccc43)n2)c(OC)cc1N(C)CCN(C)C. The summed E-state index contributed by atoms with van der Waals surface area (Å²) >= 11 is 0. The lowest BCUT2D eigenvalue weighted by atomic mass is 10.2. The molecule has 11 nitrogen and oxygen atoms in total. The number of benzene rings is 2. The first-order valence-electron chi connectivity index (χ1n) is 14.2. The summed E-state index contributed by atoms with van der Waals surface area (Å²) in [5.41, 5.74) is 2.99. The van der Waals surface area contributed by atoms with Gasteiger partial charge in [0.2, 0.25) is 11.9 Å². The Kier molecular flexibility index (Phi) is 8.87. The van der Waals surface area contributed by atoms with E-state index in [1.807, 2.05) is 62.2 Å². The molecule has 3 N–H and O–H groups in total. The maximum Gasteiger partial charge on any atom is 0.247 e. The number of ether oxygens (including phenoxy) is 1. The second-order valence-corrected chi connectivity index (χ2v) is 10.8. The van der Waals surface area contributed by atoms with E-state index in [0.29, 0.717) is 34.9 Å². The average molecular weight is 570 g/mol. The van der Waals surface area contributed by atoms with Gasteiger partial charge in [-0.25, -0.2) is 9.67 Å². The number of hydrogen-bond acceptors (Lipinski definition) is 9. The molecule has 4 aromatic rings. The molecule has 1 aliphatic carbocycles. The van der Waals surface area contributed by atoms with E-state index in [4.69, 9.17) is 14.8 Å². The van der Waals surface area contributed by atoms with Crippen molar-refractivity contribution in [2.45, 2.75) is 31.7 Å². The number of aromatic nitrogens is 4. The molecule has 1 fully saturated rings. The highest BCUT2D eigenvalue weighted by Gasteiger charge is 2.20. The smallest absolute Gasteiger partial charge is 0.247 e.